The predicted molar refractivity (Wildman–Crippen MR) is 102 cm³/mol. The van der Waals surface area contributed by atoms with Crippen LogP contribution in [-0.4, -0.2) is 52.5 Å². The highest BCUT2D eigenvalue weighted by atomic mass is 32.1. The zero-order chi connectivity index (χ0) is 20.1. The molecule has 146 valence electrons. The molecule has 0 N–H and O–H groups in total. The molecule has 0 saturated carbocycles. The minimum Gasteiger partial charge on any atom is -0.435 e. The van der Waals surface area contributed by atoms with Crippen LogP contribution in [0.2, 0.25) is 0 Å². The van der Waals surface area contributed by atoms with Gasteiger partial charge in [-0.1, -0.05) is 25.2 Å². The first-order chi connectivity index (χ1) is 13.2. The first kappa shape index (κ1) is 18.5. The molecule has 1 saturated heterocycles. The summed E-state index contributed by atoms with van der Waals surface area (Å²) < 4.78 is 5.57. The van der Waals surface area contributed by atoms with E-state index in [0.29, 0.717) is 34.1 Å². The van der Waals surface area contributed by atoms with E-state index >= 15 is 0 Å². The van der Waals surface area contributed by atoms with Gasteiger partial charge in [0.1, 0.15) is 0 Å². The molecule has 0 radical (unpaired) electrons. The second kappa shape index (κ2) is 6.66. The number of Topliss-reactive ketones (excluding diaryl/α,β-unsaturated/α-hetero) is 1. The first-order valence-corrected chi connectivity index (χ1v) is 9.75. The second-order valence-corrected chi connectivity index (χ2v) is 8.83. The maximum Gasteiger partial charge on any atom is 0.341 e. The predicted octanol–water partition coefficient (Wildman–Crippen LogP) is 2.75. The number of pyridine rings is 1. The third-order valence-corrected chi connectivity index (χ3v) is 5.96. The van der Waals surface area contributed by atoms with Crippen LogP contribution in [0.4, 0.5) is 9.93 Å². The fraction of sp³-hybridized carbons (Fsp3) is 0.421. The molecule has 3 heterocycles. The van der Waals surface area contributed by atoms with E-state index in [1.54, 1.807) is 25.4 Å². The SMILES string of the molecule is CN1CC(OC(=O)c2cccnc2)N(c2nc3c(s2)C(=O)CC(C)(C)C3)C1=O. The zero-order valence-electron chi connectivity index (χ0n) is 15.8. The third kappa shape index (κ3) is 3.26. The lowest BCUT2D eigenvalue weighted by Gasteiger charge is -2.26. The van der Waals surface area contributed by atoms with E-state index in [1.807, 2.05) is 13.8 Å². The van der Waals surface area contributed by atoms with Gasteiger partial charge in [-0.15, -0.1) is 0 Å². The van der Waals surface area contributed by atoms with Gasteiger partial charge in [0.25, 0.3) is 0 Å². The Morgan fingerprint density at radius 1 is 1.32 bits per heavy atom. The fourth-order valence-electron chi connectivity index (χ4n) is 3.48. The van der Waals surface area contributed by atoms with Crippen LogP contribution < -0.4 is 4.90 Å². The monoisotopic (exact) mass is 400 g/mol. The van der Waals surface area contributed by atoms with Crippen molar-refractivity contribution in [1.82, 2.24) is 14.9 Å². The van der Waals surface area contributed by atoms with Crippen molar-refractivity contribution in [3.8, 4) is 0 Å². The summed E-state index contributed by atoms with van der Waals surface area (Å²) in [6.07, 6.45) is 3.28. The Morgan fingerprint density at radius 2 is 2.11 bits per heavy atom. The molecule has 1 aliphatic heterocycles. The molecule has 28 heavy (non-hydrogen) atoms. The molecule has 1 fully saturated rings. The molecule has 1 aliphatic carbocycles. The molecule has 2 aromatic rings. The number of thiazole rings is 1. The van der Waals surface area contributed by atoms with E-state index in [0.717, 1.165) is 0 Å². The van der Waals surface area contributed by atoms with Crippen molar-refractivity contribution in [2.75, 3.05) is 18.5 Å². The van der Waals surface area contributed by atoms with Gasteiger partial charge in [0.05, 0.1) is 22.7 Å². The summed E-state index contributed by atoms with van der Waals surface area (Å²) in [5.41, 5.74) is 0.855. The van der Waals surface area contributed by atoms with Crippen molar-refractivity contribution in [2.45, 2.75) is 32.9 Å². The largest absolute Gasteiger partial charge is 0.435 e. The lowest BCUT2D eigenvalue weighted by molar-refractivity contribution is 0.0331. The highest BCUT2D eigenvalue weighted by Gasteiger charge is 2.43. The molecule has 1 atom stereocenters. The van der Waals surface area contributed by atoms with Gasteiger partial charge < -0.3 is 9.64 Å². The van der Waals surface area contributed by atoms with Crippen molar-refractivity contribution >= 4 is 34.3 Å². The molecule has 0 spiro atoms. The summed E-state index contributed by atoms with van der Waals surface area (Å²) in [7, 11) is 1.63. The van der Waals surface area contributed by atoms with Gasteiger partial charge in [0, 0.05) is 25.9 Å². The number of anilines is 1. The van der Waals surface area contributed by atoms with Crippen LogP contribution in [0.5, 0.6) is 0 Å². The van der Waals surface area contributed by atoms with Gasteiger partial charge in [-0.2, -0.15) is 0 Å². The van der Waals surface area contributed by atoms with E-state index in [-0.39, 0.29) is 23.8 Å². The summed E-state index contributed by atoms with van der Waals surface area (Å²) in [4.78, 5) is 49.5. The van der Waals surface area contributed by atoms with Crippen LogP contribution in [0.25, 0.3) is 0 Å². The summed E-state index contributed by atoms with van der Waals surface area (Å²) in [6, 6.07) is 2.92. The standard InChI is InChI=1S/C19H20N4O4S/c1-19(2)7-12-15(13(24)8-19)28-17(21-12)23-14(10-22(3)18(23)26)27-16(25)11-5-4-6-20-9-11/h4-6,9,14H,7-8,10H2,1-3H3. The molecule has 2 amide bonds. The molecule has 2 aromatic heterocycles. The summed E-state index contributed by atoms with van der Waals surface area (Å²) in [5.74, 6) is -0.524. The normalized spacial score (nSPS) is 21.0. The number of hydrogen-bond donors (Lipinski definition) is 0. The van der Waals surface area contributed by atoms with Crippen LogP contribution in [0.3, 0.4) is 0 Å². The fourth-order valence-corrected chi connectivity index (χ4v) is 4.54. The van der Waals surface area contributed by atoms with Gasteiger partial charge >= 0.3 is 12.0 Å². The third-order valence-electron chi connectivity index (χ3n) is 4.82. The highest BCUT2D eigenvalue weighted by Crippen LogP contribution is 2.40. The molecule has 0 bridgehead atoms. The number of fused-ring (bicyclic) bond motifs is 1. The van der Waals surface area contributed by atoms with E-state index in [4.69, 9.17) is 4.74 Å². The van der Waals surface area contributed by atoms with Crippen molar-refractivity contribution in [3.63, 3.8) is 0 Å². The Hall–Kier alpha value is -2.81. The Balaban J connectivity index is 1.63. The number of ether oxygens (including phenoxy) is 1. The van der Waals surface area contributed by atoms with E-state index in [1.165, 1.54) is 27.3 Å². The van der Waals surface area contributed by atoms with E-state index < -0.39 is 12.2 Å². The molecular weight excluding hydrogens is 380 g/mol. The van der Waals surface area contributed by atoms with Crippen LogP contribution in [0, 0.1) is 5.41 Å². The second-order valence-electron chi connectivity index (χ2n) is 7.85. The van der Waals surface area contributed by atoms with Crippen LogP contribution in [0.1, 0.15) is 46.0 Å². The Morgan fingerprint density at radius 3 is 2.82 bits per heavy atom. The molecule has 1 unspecified atom stereocenters. The average molecular weight is 400 g/mol. The molecule has 9 heteroatoms. The minimum absolute atomic E-state index is 0.0407. The number of amides is 2. The number of carbonyl (C=O) groups is 3. The average Bonchev–Trinajstić information content (AvgIpc) is 3.15. The molecule has 8 nitrogen and oxygen atoms in total. The summed E-state index contributed by atoms with van der Waals surface area (Å²) in [5, 5.41) is 0.384. The number of carbonyl (C=O) groups excluding carboxylic acids is 3. The number of ketones is 1. The number of hydrogen-bond acceptors (Lipinski definition) is 7. The number of esters is 1. The highest BCUT2D eigenvalue weighted by molar-refractivity contribution is 7.17. The van der Waals surface area contributed by atoms with Gasteiger partial charge in [0.2, 0.25) is 6.23 Å². The number of aromatic nitrogens is 2. The van der Waals surface area contributed by atoms with Crippen LogP contribution in [-0.2, 0) is 11.2 Å². The smallest absolute Gasteiger partial charge is 0.341 e. The summed E-state index contributed by atoms with van der Waals surface area (Å²) >= 11 is 1.19. The topological polar surface area (TPSA) is 92.7 Å². The van der Waals surface area contributed by atoms with Crippen molar-refractivity contribution in [3.05, 3.63) is 40.7 Å². The Labute approximate surface area is 166 Å². The molecule has 2 aliphatic rings. The maximum absolute atomic E-state index is 12.7. The lowest BCUT2D eigenvalue weighted by Crippen LogP contribution is -2.37. The van der Waals surface area contributed by atoms with E-state index in [2.05, 4.69) is 9.97 Å². The van der Waals surface area contributed by atoms with Crippen LogP contribution >= 0.6 is 11.3 Å². The maximum atomic E-state index is 12.7. The van der Waals surface area contributed by atoms with Gasteiger partial charge in [0.15, 0.2) is 10.9 Å². The van der Waals surface area contributed by atoms with Crippen molar-refractivity contribution in [1.29, 1.82) is 0 Å². The molecule has 4 rings (SSSR count). The number of nitrogens with zero attached hydrogens (tertiary/aromatic N) is 4. The first-order valence-electron chi connectivity index (χ1n) is 8.93. The van der Waals surface area contributed by atoms with Crippen molar-refractivity contribution < 1.29 is 19.1 Å². The number of likely N-dealkylation sites (N-methyl/N-ethyl adjacent to an activating group) is 1. The Bertz CT molecular complexity index is 956. The number of rotatable bonds is 3. The van der Waals surface area contributed by atoms with Gasteiger partial charge in [-0.05, 0) is 24.0 Å². The molecule has 0 aromatic carbocycles. The zero-order valence-corrected chi connectivity index (χ0v) is 16.7. The quantitative estimate of drug-likeness (QED) is 0.736. The number of urea groups is 1. The molecular formula is C19H20N4O4S. The Kier molecular flexibility index (Phi) is 4.41. The van der Waals surface area contributed by atoms with Crippen molar-refractivity contribution in [2.24, 2.45) is 5.41 Å². The van der Waals surface area contributed by atoms with Gasteiger partial charge in [-0.25, -0.2) is 19.5 Å². The summed E-state index contributed by atoms with van der Waals surface area (Å²) in [6.45, 7) is 4.27. The van der Waals surface area contributed by atoms with E-state index in [9.17, 15) is 14.4 Å². The minimum atomic E-state index is -0.819. The lowest BCUT2D eigenvalue weighted by atomic mass is 9.78. The van der Waals surface area contributed by atoms with Gasteiger partial charge in [-0.3, -0.25) is 9.78 Å². The van der Waals surface area contributed by atoms with Crippen LogP contribution in [0.15, 0.2) is 24.5 Å².